The molecule has 0 radical (unpaired) electrons. The third-order valence-electron chi connectivity index (χ3n) is 4.12. The first kappa shape index (κ1) is 15.0. The lowest BCUT2D eigenvalue weighted by molar-refractivity contribution is 0.349. The third-order valence-corrected chi connectivity index (χ3v) is 4.12. The van der Waals surface area contributed by atoms with E-state index in [9.17, 15) is 0 Å². The molecular formula is C15H27N5. The highest BCUT2D eigenvalue weighted by atomic mass is 15.3. The molecule has 1 heterocycles. The first-order chi connectivity index (χ1) is 9.22. The molecule has 0 bridgehead atoms. The van der Waals surface area contributed by atoms with E-state index in [-0.39, 0.29) is 5.41 Å². The normalized spacial score (nSPS) is 21.8. The van der Waals surface area contributed by atoms with Crippen LogP contribution >= 0.6 is 0 Å². The van der Waals surface area contributed by atoms with Gasteiger partial charge in [-0.25, -0.2) is 15.8 Å². The van der Waals surface area contributed by atoms with Gasteiger partial charge in [0.2, 0.25) is 0 Å². The summed E-state index contributed by atoms with van der Waals surface area (Å²) in [6.07, 6.45) is 3.71. The molecule has 1 aromatic rings. The molecule has 2 rings (SSSR count). The van der Waals surface area contributed by atoms with Gasteiger partial charge >= 0.3 is 0 Å². The monoisotopic (exact) mass is 277 g/mol. The van der Waals surface area contributed by atoms with Gasteiger partial charge in [0.15, 0.2) is 0 Å². The molecule has 0 amide bonds. The van der Waals surface area contributed by atoms with E-state index in [1.165, 1.54) is 19.3 Å². The zero-order valence-electron chi connectivity index (χ0n) is 13.2. The Morgan fingerprint density at radius 1 is 1.25 bits per heavy atom. The summed E-state index contributed by atoms with van der Waals surface area (Å²) < 4.78 is 0. The van der Waals surface area contributed by atoms with E-state index in [2.05, 4.69) is 55.3 Å². The van der Waals surface area contributed by atoms with Gasteiger partial charge in [-0.15, -0.1) is 0 Å². The smallest absolute Gasteiger partial charge is 0.145 e. The number of nitrogens with two attached hydrogens (primary N) is 1. The highest BCUT2D eigenvalue weighted by Gasteiger charge is 2.34. The molecule has 0 spiro atoms. The van der Waals surface area contributed by atoms with Crippen LogP contribution in [0.4, 0.5) is 11.6 Å². The number of nitrogen functional groups attached to an aromatic ring is 1. The second-order valence-corrected chi connectivity index (χ2v) is 7.43. The average Bonchev–Trinajstić information content (AvgIpc) is 2.67. The minimum absolute atomic E-state index is 0.103. The second kappa shape index (κ2) is 5.20. The number of hydrogen-bond acceptors (Lipinski definition) is 5. The predicted molar refractivity (Wildman–Crippen MR) is 83.6 cm³/mol. The molecule has 1 atom stereocenters. The average molecular weight is 277 g/mol. The lowest BCUT2D eigenvalue weighted by atomic mass is 9.87. The molecule has 1 aliphatic carbocycles. The van der Waals surface area contributed by atoms with E-state index in [1.54, 1.807) is 0 Å². The van der Waals surface area contributed by atoms with Crippen molar-refractivity contribution in [2.75, 3.05) is 10.7 Å². The Hall–Kier alpha value is -1.36. The largest absolute Gasteiger partial charge is 0.367 e. The number of nitrogens with one attached hydrogen (secondary N) is 2. The van der Waals surface area contributed by atoms with E-state index in [0.29, 0.717) is 17.3 Å². The van der Waals surface area contributed by atoms with Gasteiger partial charge in [-0.1, -0.05) is 41.0 Å². The summed E-state index contributed by atoms with van der Waals surface area (Å²) in [4.78, 5) is 9.11. The molecule has 112 valence electrons. The van der Waals surface area contributed by atoms with Crippen molar-refractivity contribution in [3.63, 3.8) is 0 Å². The first-order valence-electron chi connectivity index (χ1n) is 7.35. The molecule has 0 saturated heterocycles. The second-order valence-electron chi connectivity index (χ2n) is 7.43. The number of nitrogens with zero attached hydrogens (tertiary/aromatic N) is 2. The quantitative estimate of drug-likeness (QED) is 0.585. The van der Waals surface area contributed by atoms with Crippen molar-refractivity contribution >= 4 is 11.6 Å². The summed E-state index contributed by atoms with van der Waals surface area (Å²) in [5.41, 5.74) is 2.84. The Morgan fingerprint density at radius 3 is 2.40 bits per heavy atom. The van der Waals surface area contributed by atoms with Crippen LogP contribution in [-0.2, 0) is 5.41 Å². The van der Waals surface area contributed by atoms with E-state index >= 15 is 0 Å². The standard InChI is InChI=1S/C15H27N5/c1-14(2,3)13-18-11(9-12(19-13)20-16)17-10-7-6-8-15(10,4)5/h9-10H,6-8,16H2,1-5H3,(H2,17,18,19,20). The molecule has 1 aromatic heterocycles. The van der Waals surface area contributed by atoms with Gasteiger partial charge in [-0.2, -0.15) is 0 Å². The lowest BCUT2D eigenvalue weighted by Gasteiger charge is -2.29. The molecule has 0 aliphatic heterocycles. The summed E-state index contributed by atoms with van der Waals surface area (Å²) in [6.45, 7) is 10.9. The van der Waals surface area contributed by atoms with Gasteiger partial charge in [-0.3, -0.25) is 0 Å². The Balaban J connectivity index is 2.27. The minimum atomic E-state index is -0.103. The molecule has 0 aromatic carbocycles. The Kier molecular flexibility index (Phi) is 3.91. The van der Waals surface area contributed by atoms with Crippen LogP contribution in [0.3, 0.4) is 0 Å². The van der Waals surface area contributed by atoms with Crippen LogP contribution in [-0.4, -0.2) is 16.0 Å². The van der Waals surface area contributed by atoms with Gasteiger partial charge in [0.05, 0.1) is 0 Å². The van der Waals surface area contributed by atoms with E-state index in [4.69, 9.17) is 5.84 Å². The first-order valence-corrected chi connectivity index (χ1v) is 7.35. The zero-order chi connectivity index (χ0) is 15.0. The molecule has 1 unspecified atom stereocenters. The summed E-state index contributed by atoms with van der Waals surface area (Å²) in [7, 11) is 0. The van der Waals surface area contributed by atoms with Crippen LogP contribution in [0.15, 0.2) is 6.07 Å². The Morgan fingerprint density at radius 2 is 1.90 bits per heavy atom. The highest BCUT2D eigenvalue weighted by molar-refractivity contribution is 5.48. The number of hydrazine groups is 1. The number of aromatic nitrogens is 2. The fourth-order valence-electron chi connectivity index (χ4n) is 2.70. The van der Waals surface area contributed by atoms with Crippen molar-refractivity contribution in [2.45, 2.75) is 65.3 Å². The van der Waals surface area contributed by atoms with Crippen LogP contribution in [0.2, 0.25) is 0 Å². The maximum absolute atomic E-state index is 5.52. The highest BCUT2D eigenvalue weighted by Crippen LogP contribution is 2.39. The molecular weight excluding hydrogens is 250 g/mol. The summed E-state index contributed by atoms with van der Waals surface area (Å²) in [6, 6.07) is 2.33. The topological polar surface area (TPSA) is 75.9 Å². The number of anilines is 2. The van der Waals surface area contributed by atoms with Crippen molar-refractivity contribution < 1.29 is 0 Å². The molecule has 20 heavy (non-hydrogen) atoms. The van der Waals surface area contributed by atoms with Crippen molar-refractivity contribution in [1.29, 1.82) is 0 Å². The van der Waals surface area contributed by atoms with Crippen molar-refractivity contribution in [3.8, 4) is 0 Å². The lowest BCUT2D eigenvalue weighted by Crippen LogP contribution is -2.31. The molecule has 1 aliphatic rings. The van der Waals surface area contributed by atoms with Gasteiger partial charge in [0.25, 0.3) is 0 Å². The van der Waals surface area contributed by atoms with Crippen molar-refractivity contribution in [2.24, 2.45) is 11.3 Å². The van der Waals surface area contributed by atoms with Crippen molar-refractivity contribution in [3.05, 3.63) is 11.9 Å². The fourth-order valence-corrected chi connectivity index (χ4v) is 2.70. The fraction of sp³-hybridized carbons (Fsp3) is 0.733. The van der Waals surface area contributed by atoms with Crippen LogP contribution in [0.5, 0.6) is 0 Å². The Bertz CT molecular complexity index is 476. The van der Waals surface area contributed by atoms with E-state index in [0.717, 1.165) is 11.6 Å². The molecule has 5 heteroatoms. The maximum atomic E-state index is 5.52. The zero-order valence-corrected chi connectivity index (χ0v) is 13.2. The van der Waals surface area contributed by atoms with E-state index in [1.807, 2.05) is 6.07 Å². The molecule has 1 fully saturated rings. The molecule has 5 nitrogen and oxygen atoms in total. The van der Waals surface area contributed by atoms with Crippen LogP contribution in [0.1, 0.15) is 59.7 Å². The van der Waals surface area contributed by atoms with Gasteiger partial charge in [0.1, 0.15) is 17.5 Å². The van der Waals surface area contributed by atoms with Crippen LogP contribution in [0, 0.1) is 5.41 Å². The van der Waals surface area contributed by atoms with Gasteiger partial charge < -0.3 is 10.7 Å². The van der Waals surface area contributed by atoms with Gasteiger partial charge in [-0.05, 0) is 18.3 Å². The SMILES string of the molecule is CC(C)(C)c1nc(NN)cc(NC2CCCC2(C)C)n1. The summed E-state index contributed by atoms with van der Waals surface area (Å²) in [5, 5.41) is 3.57. The van der Waals surface area contributed by atoms with Crippen LogP contribution in [0.25, 0.3) is 0 Å². The number of hydrogen-bond donors (Lipinski definition) is 3. The Labute approximate surface area is 121 Å². The number of rotatable bonds is 3. The maximum Gasteiger partial charge on any atom is 0.145 e. The predicted octanol–water partition coefficient (Wildman–Crippen LogP) is 3.05. The molecule has 4 N–H and O–H groups in total. The molecule has 1 saturated carbocycles. The third kappa shape index (κ3) is 3.20. The minimum Gasteiger partial charge on any atom is -0.367 e. The summed E-state index contributed by atoms with van der Waals surface area (Å²) in [5.74, 6) is 7.84. The van der Waals surface area contributed by atoms with Crippen LogP contribution < -0.4 is 16.6 Å². The van der Waals surface area contributed by atoms with Gasteiger partial charge in [0, 0.05) is 17.5 Å². The van der Waals surface area contributed by atoms with E-state index < -0.39 is 0 Å². The summed E-state index contributed by atoms with van der Waals surface area (Å²) >= 11 is 0. The van der Waals surface area contributed by atoms with Crippen molar-refractivity contribution in [1.82, 2.24) is 9.97 Å².